The normalized spacial score (nSPS) is 10.6. The highest BCUT2D eigenvalue weighted by Crippen LogP contribution is 2.42. The van der Waals surface area contributed by atoms with Crippen molar-refractivity contribution < 1.29 is 9.53 Å². The number of carbonyl (C=O) groups is 1. The van der Waals surface area contributed by atoms with E-state index in [1.165, 1.54) is 0 Å². The van der Waals surface area contributed by atoms with E-state index in [4.69, 9.17) is 39.4 Å². The lowest BCUT2D eigenvalue weighted by molar-refractivity contribution is 0.100. The average molecular weight is 388 g/mol. The Balaban J connectivity index is 2.35. The molecular formula is C19H15Cl2N3O2. The summed E-state index contributed by atoms with van der Waals surface area (Å²) in [5.41, 5.74) is 12.4. The fourth-order valence-corrected chi connectivity index (χ4v) is 3.43. The van der Waals surface area contributed by atoms with Gasteiger partial charge in [0.2, 0.25) is 0 Å². The number of methoxy groups -OCH3 is 1. The number of hydrogen-bond donors (Lipinski definition) is 2. The van der Waals surface area contributed by atoms with Gasteiger partial charge in [0.1, 0.15) is 5.75 Å². The molecule has 4 N–H and O–H groups in total. The summed E-state index contributed by atoms with van der Waals surface area (Å²) in [5.74, 6) is -0.197. The van der Waals surface area contributed by atoms with E-state index < -0.39 is 5.91 Å². The summed E-state index contributed by atoms with van der Waals surface area (Å²) < 4.78 is 5.45. The second-order valence-corrected chi connectivity index (χ2v) is 6.33. The summed E-state index contributed by atoms with van der Waals surface area (Å²) >= 11 is 12.8. The van der Waals surface area contributed by atoms with Crippen LogP contribution in [0.1, 0.15) is 10.4 Å². The maximum Gasteiger partial charge on any atom is 0.280 e. The largest absolute Gasteiger partial charge is 0.496 e. The second kappa shape index (κ2) is 7.23. The summed E-state index contributed by atoms with van der Waals surface area (Å²) in [6.07, 6.45) is 0. The predicted molar refractivity (Wildman–Crippen MR) is 106 cm³/mol. The molecule has 1 amide bonds. The fourth-order valence-electron chi connectivity index (χ4n) is 2.79. The van der Waals surface area contributed by atoms with Crippen molar-refractivity contribution in [2.24, 2.45) is 16.5 Å². The molecule has 0 heterocycles. The van der Waals surface area contributed by atoms with Crippen LogP contribution in [0.2, 0.25) is 10.0 Å². The molecule has 0 aromatic heterocycles. The van der Waals surface area contributed by atoms with Crippen molar-refractivity contribution in [2.45, 2.75) is 0 Å². The Morgan fingerprint density at radius 3 is 2.42 bits per heavy atom. The zero-order chi connectivity index (χ0) is 18.8. The average Bonchev–Trinajstić information content (AvgIpc) is 2.61. The van der Waals surface area contributed by atoms with E-state index in [0.717, 1.165) is 10.9 Å². The van der Waals surface area contributed by atoms with Gasteiger partial charge in [-0.05, 0) is 29.7 Å². The first-order valence-electron chi connectivity index (χ1n) is 7.61. The lowest BCUT2D eigenvalue weighted by Gasteiger charge is -2.14. The topological polar surface area (TPSA) is 90.7 Å². The van der Waals surface area contributed by atoms with Crippen LogP contribution in [-0.4, -0.2) is 19.0 Å². The van der Waals surface area contributed by atoms with Gasteiger partial charge in [-0.3, -0.25) is 4.79 Å². The molecule has 0 spiro atoms. The number of halogens is 2. The van der Waals surface area contributed by atoms with Crippen LogP contribution in [0.15, 0.2) is 53.5 Å². The third kappa shape index (κ3) is 3.31. The molecule has 0 aliphatic heterocycles. The lowest BCUT2D eigenvalue weighted by atomic mass is 9.95. The zero-order valence-electron chi connectivity index (χ0n) is 13.8. The summed E-state index contributed by atoms with van der Waals surface area (Å²) in [5, 5.41) is 2.37. The van der Waals surface area contributed by atoms with Gasteiger partial charge in [-0.2, -0.15) is 4.99 Å². The molecule has 132 valence electrons. The van der Waals surface area contributed by atoms with Crippen molar-refractivity contribution >= 4 is 45.8 Å². The van der Waals surface area contributed by atoms with Gasteiger partial charge in [0.15, 0.2) is 5.96 Å². The number of benzene rings is 3. The molecule has 0 aliphatic rings. The minimum atomic E-state index is -0.547. The van der Waals surface area contributed by atoms with Crippen LogP contribution in [0.5, 0.6) is 5.75 Å². The Morgan fingerprint density at radius 1 is 1.00 bits per heavy atom. The number of amides is 1. The van der Waals surface area contributed by atoms with Gasteiger partial charge in [0.25, 0.3) is 5.91 Å². The molecule has 0 aliphatic carbocycles. The smallest absolute Gasteiger partial charge is 0.280 e. The first-order chi connectivity index (χ1) is 12.4. The quantitative estimate of drug-likeness (QED) is 0.519. The van der Waals surface area contributed by atoms with Crippen LogP contribution in [0.3, 0.4) is 0 Å². The van der Waals surface area contributed by atoms with Crippen molar-refractivity contribution in [2.75, 3.05) is 7.11 Å². The number of ether oxygens (including phenoxy) is 1. The lowest BCUT2D eigenvalue weighted by Crippen LogP contribution is -2.24. The number of aliphatic imine (C=N–C) groups is 1. The van der Waals surface area contributed by atoms with E-state index >= 15 is 0 Å². The SMILES string of the molecule is COc1ccccc1-c1c(Cl)cc(Cl)c2ccc(C(=O)N=C(N)N)cc12. The molecule has 0 fully saturated rings. The number of carbonyl (C=O) groups excluding carboxylic acids is 1. The molecule has 0 saturated heterocycles. The van der Waals surface area contributed by atoms with Crippen LogP contribution in [0.25, 0.3) is 21.9 Å². The molecule has 5 nitrogen and oxygen atoms in total. The number of fused-ring (bicyclic) bond motifs is 1. The molecule has 0 saturated carbocycles. The molecule has 0 atom stereocenters. The third-order valence-electron chi connectivity index (χ3n) is 3.89. The number of nitrogens with two attached hydrogens (primary N) is 2. The number of para-hydroxylation sites is 1. The van der Waals surface area contributed by atoms with Crippen LogP contribution in [0, 0.1) is 0 Å². The van der Waals surface area contributed by atoms with Gasteiger partial charge in [-0.15, -0.1) is 0 Å². The Kier molecular flexibility index (Phi) is 5.02. The third-order valence-corrected chi connectivity index (χ3v) is 4.50. The minimum Gasteiger partial charge on any atom is -0.496 e. The Bertz CT molecular complexity index is 1040. The maximum atomic E-state index is 12.2. The summed E-state index contributed by atoms with van der Waals surface area (Å²) in [6, 6.07) is 14.2. The van der Waals surface area contributed by atoms with Crippen molar-refractivity contribution in [1.82, 2.24) is 0 Å². The van der Waals surface area contributed by atoms with E-state index in [2.05, 4.69) is 4.99 Å². The molecule has 0 radical (unpaired) electrons. The molecule has 3 rings (SSSR count). The van der Waals surface area contributed by atoms with Crippen LogP contribution >= 0.6 is 23.2 Å². The molecule has 3 aromatic carbocycles. The van der Waals surface area contributed by atoms with Gasteiger partial charge in [-0.25, -0.2) is 0 Å². The summed E-state index contributed by atoms with van der Waals surface area (Å²) in [7, 11) is 1.58. The number of hydrogen-bond acceptors (Lipinski definition) is 2. The first-order valence-corrected chi connectivity index (χ1v) is 8.37. The van der Waals surface area contributed by atoms with Crippen molar-refractivity contribution in [1.29, 1.82) is 0 Å². The second-order valence-electron chi connectivity index (χ2n) is 5.52. The minimum absolute atomic E-state index is 0.302. The van der Waals surface area contributed by atoms with Crippen LogP contribution in [0.4, 0.5) is 0 Å². The molecule has 0 unspecified atom stereocenters. The monoisotopic (exact) mass is 387 g/mol. The highest BCUT2D eigenvalue weighted by Gasteiger charge is 2.17. The molecular weight excluding hydrogens is 373 g/mol. The van der Waals surface area contributed by atoms with Gasteiger partial charge >= 0.3 is 0 Å². The van der Waals surface area contributed by atoms with Gasteiger partial charge in [-0.1, -0.05) is 47.5 Å². The van der Waals surface area contributed by atoms with Crippen molar-refractivity contribution in [3.05, 3.63) is 64.1 Å². The van der Waals surface area contributed by atoms with E-state index in [9.17, 15) is 4.79 Å². The number of nitrogens with zero attached hydrogens (tertiary/aromatic N) is 1. The Hall–Kier alpha value is -2.76. The molecule has 0 bridgehead atoms. The highest BCUT2D eigenvalue weighted by atomic mass is 35.5. The Morgan fingerprint density at radius 2 is 1.73 bits per heavy atom. The van der Waals surface area contributed by atoms with Crippen LogP contribution < -0.4 is 16.2 Å². The van der Waals surface area contributed by atoms with E-state index in [1.807, 2.05) is 24.3 Å². The maximum absolute atomic E-state index is 12.2. The summed E-state index contributed by atoms with van der Waals surface area (Å²) in [6.45, 7) is 0. The highest BCUT2D eigenvalue weighted by molar-refractivity contribution is 6.41. The molecule has 3 aromatic rings. The van der Waals surface area contributed by atoms with Crippen molar-refractivity contribution in [3.63, 3.8) is 0 Å². The van der Waals surface area contributed by atoms with E-state index in [-0.39, 0.29) is 5.96 Å². The number of rotatable bonds is 3. The summed E-state index contributed by atoms with van der Waals surface area (Å²) in [4.78, 5) is 15.8. The molecule has 7 heteroatoms. The fraction of sp³-hybridized carbons (Fsp3) is 0.0526. The van der Waals surface area contributed by atoms with Crippen molar-refractivity contribution in [3.8, 4) is 16.9 Å². The first kappa shape index (κ1) is 18.0. The predicted octanol–water partition coefficient (Wildman–Crippen LogP) is 4.24. The van der Waals surface area contributed by atoms with Gasteiger partial charge < -0.3 is 16.2 Å². The van der Waals surface area contributed by atoms with E-state index in [0.29, 0.717) is 32.3 Å². The number of guanidine groups is 1. The molecule has 26 heavy (non-hydrogen) atoms. The van der Waals surface area contributed by atoms with Gasteiger partial charge in [0, 0.05) is 27.1 Å². The van der Waals surface area contributed by atoms with Gasteiger partial charge in [0.05, 0.1) is 12.1 Å². The zero-order valence-corrected chi connectivity index (χ0v) is 15.3. The van der Waals surface area contributed by atoms with E-state index in [1.54, 1.807) is 31.4 Å². The standard InChI is InChI=1S/C19H15Cl2N3O2/c1-26-16-5-3-2-4-12(16)17-13-8-10(18(25)24-19(22)23)6-7-11(13)14(20)9-15(17)21/h2-9H,1H3,(H4,22,23,24,25). The van der Waals surface area contributed by atoms with Crippen LogP contribution in [-0.2, 0) is 0 Å². The Labute approximate surface area is 160 Å².